The van der Waals surface area contributed by atoms with Crippen molar-refractivity contribution >= 4 is 11.9 Å². The lowest BCUT2D eigenvalue weighted by molar-refractivity contribution is -0.148. The van der Waals surface area contributed by atoms with Crippen LogP contribution in [0.5, 0.6) is 0 Å². The Morgan fingerprint density at radius 3 is 2.25 bits per heavy atom. The SMILES string of the molecule is Cc1ccc(C(F)(F)F)c(C2C(C(=O)O)=C(C3CC3)C=CC2(C)C(=O)O)c1F. The molecule has 0 spiro atoms. The molecule has 8 heteroatoms. The standard InChI is InChI=1S/C20H18F4O4/c1-9-3-6-12(20(22,23)24)14(16(9)21)15-13(17(25)26)11(10-4-5-10)7-8-19(15,2)18(27)28/h3,6-8,10,15H,4-5H2,1-2H3,(H,25,26)(H,27,28). The largest absolute Gasteiger partial charge is 0.481 e. The maximum atomic E-state index is 15.0. The van der Waals surface area contributed by atoms with E-state index in [4.69, 9.17) is 0 Å². The zero-order valence-corrected chi connectivity index (χ0v) is 15.1. The number of alkyl halides is 3. The summed E-state index contributed by atoms with van der Waals surface area (Å²) in [4.78, 5) is 24.1. The van der Waals surface area contributed by atoms with E-state index >= 15 is 4.39 Å². The predicted molar refractivity (Wildman–Crippen MR) is 91.1 cm³/mol. The van der Waals surface area contributed by atoms with Crippen LogP contribution in [0.1, 0.15) is 42.4 Å². The van der Waals surface area contributed by atoms with Crippen LogP contribution in [0.3, 0.4) is 0 Å². The van der Waals surface area contributed by atoms with Crippen molar-refractivity contribution in [1.82, 2.24) is 0 Å². The Morgan fingerprint density at radius 1 is 1.18 bits per heavy atom. The first kappa shape index (κ1) is 20.1. The van der Waals surface area contributed by atoms with Crippen molar-refractivity contribution in [2.45, 2.75) is 38.8 Å². The number of halogens is 4. The van der Waals surface area contributed by atoms with Gasteiger partial charge in [-0.3, -0.25) is 4.79 Å². The molecule has 1 aromatic rings. The molecule has 0 heterocycles. The summed E-state index contributed by atoms with van der Waals surface area (Å²) in [7, 11) is 0. The van der Waals surface area contributed by atoms with Crippen molar-refractivity contribution < 1.29 is 37.4 Å². The number of aryl methyl sites for hydroxylation is 1. The highest BCUT2D eigenvalue weighted by Gasteiger charge is 2.52. The molecule has 0 aliphatic heterocycles. The van der Waals surface area contributed by atoms with Gasteiger partial charge in [0.05, 0.1) is 11.0 Å². The van der Waals surface area contributed by atoms with Gasteiger partial charge in [0.1, 0.15) is 5.82 Å². The zero-order valence-electron chi connectivity index (χ0n) is 15.1. The fourth-order valence-electron chi connectivity index (χ4n) is 3.78. The first-order valence-corrected chi connectivity index (χ1v) is 8.65. The highest BCUT2D eigenvalue weighted by molar-refractivity contribution is 5.94. The molecule has 28 heavy (non-hydrogen) atoms. The van der Waals surface area contributed by atoms with E-state index in [1.54, 1.807) is 0 Å². The van der Waals surface area contributed by atoms with E-state index in [9.17, 15) is 33.0 Å². The van der Waals surface area contributed by atoms with Crippen LogP contribution in [0.2, 0.25) is 0 Å². The lowest BCUT2D eigenvalue weighted by atomic mass is 9.64. The van der Waals surface area contributed by atoms with E-state index in [1.165, 1.54) is 19.1 Å². The lowest BCUT2D eigenvalue weighted by Gasteiger charge is -2.37. The second-order valence-corrected chi connectivity index (χ2v) is 7.46. The second-order valence-electron chi connectivity index (χ2n) is 7.46. The predicted octanol–water partition coefficient (Wildman–Crippen LogP) is 4.69. The molecule has 1 aromatic carbocycles. The number of hydrogen-bond donors (Lipinski definition) is 2. The Bertz CT molecular complexity index is 925. The van der Waals surface area contributed by atoms with Crippen LogP contribution in [0.4, 0.5) is 17.6 Å². The fourth-order valence-corrected chi connectivity index (χ4v) is 3.78. The van der Waals surface area contributed by atoms with Crippen molar-refractivity contribution in [3.05, 3.63) is 57.9 Å². The third kappa shape index (κ3) is 3.10. The first-order valence-electron chi connectivity index (χ1n) is 8.65. The van der Waals surface area contributed by atoms with Gasteiger partial charge in [0, 0.05) is 17.1 Å². The van der Waals surface area contributed by atoms with Crippen LogP contribution < -0.4 is 0 Å². The Kier molecular flexibility index (Phi) is 4.64. The Hall–Kier alpha value is -2.64. The lowest BCUT2D eigenvalue weighted by Crippen LogP contribution is -2.39. The minimum Gasteiger partial charge on any atom is -0.481 e. The summed E-state index contributed by atoms with van der Waals surface area (Å²) in [5, 5.41) is 19.5. The molecule has 0 amide bonds. The van der Waals surface area contributed by atoms with Crippen molar-refractivity contribution in [2.24, 2.45) is 11.3 Å². The third-order valence-corrected chi connectivity index (χ3v) is 5.48. The van der Waals surface area contributed by atoms with E-state index in [-0.39, 0.29) is 17.1 Å². The molecular weight excluding hydrogens is 380 g/mol. The maximum absolute atomic E-state index is 15.0. The molecule has 0 radical (unpaired) electrons. The molecule has 0 bridgehead atoms. The Morgan fingerprint density at radius 2 is 1.79 bits per heavy atom. The van der Waals surface area contributed by atoms with Crippen molar-refractivity contribution in [1.29, 1.82) is 0 Å². The molecule has 0 saturated heterocycles. The average molecular weight is 398 g/mol. The van der Waals surface area contributed by atoms with Gasteiger partial charge in [-0.1, -0.05) is 18.2 Å². The molecule has 2 atom stereocenters. The molecule has 1 saturated carbocycles. The van der Waals surface area contributed by atoms with E-state index < -0.39 is 52.0 Å². The Labute approximate surface area is 158 Å². The van der Waals surface area contributed by atoms with Gasteiger partial charge < -0.3 is 10.2 Å². The summed E-state index contributed by atoms with van der Waals surface area (Å²) in [6.45, 7) is 2.37. The minimum atomic E-state index is -4.98. The van der Waals surface area contributed by atoms with E-state index in [1.807, 2.05) is 0 Å². The highest BCUT2D eigenvalue weighted by Crippen LogP contribution is 2.54. The molecule has 2 aliphatic carbocycles. The van der Waals surface area contributed by atoms with Gasteiger partial charge in [0.2, 0.25) is 0 Å². The molecule has 150 valence electrons. The summed E-state index contributed by atoms with van der Waals surface area (Å²) < 4.78 is 56.0. The maximum Gasteiger partial charge on any atom is 0.416 e. The first-order chi connectivity index (χ1) is 12.9. The summed E-state index contributed by atoms with van der Waals surface area (Å²) in [6.07, 6.45) is -1.15. The molecule has 2 unspecified atom stereocenters. The average Bonchev–Trinajstić information content (AvgIpc) is 3.40. The number of rotatable bonds is 4. The van der Waals surface area contributed by atoms with Crippen molar-refractivity contribution in [2.75, 3.05) is 0 Å². The summed E-state index contributed by atoms with van der Waals surface area (Å²) in [5.74, 6) is -6.31. The number of benzene rings is 1. The molecule has 0 aromatic heterocycles. The van der Waals surface area contributed by atoms with Crippen LogP contribution in [0, 0.1) is 24.1 Å². The highest BCUT2D eigenvalue weighted by atomic mass is 19.4. The quantitative estimate of drug-likeness (QED) is 0.722. The molecular formula is C20H18F4O4. The van der Waals surface area contributed by atoms with E-state index in [2.05, 4.69) is 0 Å². The van der Waals surface area contributed by atoms with Gasteiger partial charge in [0.15, 0.2) is 0 Å². The molecule has 2 aliphatic rings. The van der Waals surface area contributed by atoms with E-state index in [0.29, 0.717) is 18.9 Å². The molecule has 2 N–H and O–H groups in total. The van der Waals surface area contributed by atoms with Gasteiger partial charge in [-0.15, -0.1) is 0 Å². The third-order valence-electron chi connectivity index (χ3n) is 5.48. The van der Waals surface area contributed by atoms with Crippen LogP contribution >= 0.6 is 0 Å². The number of carboxylic acid groups (broad SMARTS) is 2. The van der Waals surface area contributed by atoms with Crippen LogP contribution in [-0.4, -0.2) is 22.2 Å². The fraction of sp³-hybridized carbons (Fsp3) is 0.400. The van der Waals surface area contributed by atoms with E-state index in [0.717, 1.165) is 13.0 Å². The Balaban J connectivity index is 2.41. The van der Waals surface area contributed by atoms with Gasteiger partial charge >= 0.3 is 18.1 Å². The second kappa shape index (κ2) is 6.46. The van der Waals surface area contributed by atoms with Gasteiger partial charge in [-0.25, -0.2) is 9.18 Å². The zero-order chi connectivity index (χ0) is 21.0. The number of aliphatic carboxylic acids is 2. The summed E-state index contributed by atoms with van der Waals surface area (Å²) >= 11 is 0. The smallest absolute Gasteiger partial charge is 0.416 e. The monoisotopic (exact) mass is 398 g/mol. The normalized spacial score (nSPS) is 25.1. The van der Waals surface area contributed by atoms with Gasteiger partial charge in [-0.2, -0.15) is 13.2 Å². The van der Waals surface area contributed by atoms with Crippen LogP contribution in [0.15, 0.2) is 35.4 Å². The van der Waals surface area contributed by atoms with Crippen molar-refractivity contribution in [3.8, 4) is 0 Å². The topological polar surface area (TPSA) is 74.6 Å². The summed E-state index contributed by atoms with van der Waals surface area (Å²) in [5.41, 5.74) is -4.69. The number of carbonyl (C=O) groups is 2. The number of carboxylic acids is 2. The van der Waals surface area contributed by atoms with Crippen LogP contribution in [-0.2, 0) is 15.8 Å². The van der Waals surface area contributed by atoms with Crippen LogP contribution in [0.25, 0.3) is 0 Å². The number of hydrogen-bond acceptors (Lipinski definition) is 2. The van der Waals surface area contributed by atoms with Gasteiger partial charge in [0.25, 0.3) is 0 Å². The van der Waals surface area contributed by atoms with Gasteiger partial charge in [-0.05, 0) is 49.8 Å². The molecule has 1 fully saturated rings. The minimum absolute atomic E-state index is 0.122. The molecule has 4 nitrogen and oxygen atoms in total. The van der Waals surface area contributed by atoms with Crippen molar-refractivity contribution in [3.63, 3.8) is 0 Å². The number of allylic oxidation sites excluding steroid dienone is 2. The molecule has 3 rings (SSSR count). The summed E-state index contributed by atoms with van der Waals surface area (Å²) in [6, 6.07) is 1.62.